The number of thioether (sulfide) groups is 1. The molecule has 7 heteroatoms. The van der Waals surface area contributed by atoms with E-state index in [-0.39, 0.29) is 9.64 Å². The second-order valence-electron chi connectivity index (χ2n) is 5.01. The second-order valence-corrected chi connectivity index (χ2v) is 8.02. The maximum absolute atomic E-state index is 13.8. The van der Waals surface area contributed by atoms with Crippen LogP contribution in [0.5, 0.6) is 0 Å². The predicted octanol–water partition coefficient (Wildman–Crippen LogP) is 1.72. The van der Waals surface area contributed by atoms with E-state index in [1.807, 2.05) is 6.26 Å². The summed E-state index contributed by atoms with van der Waals surface area (Å²) in [5.74, 6) is -0.716. The van der Waals surface area contributed by atoms with Crippen molar-refractivity contribution in [3.8, 4) is 0 Å². The molecule has 2 rings (SSSR count). The van der Waals surface area contributed by atoms with E-state index in [2.05, 4.69) is 10.0 Å². The zero-order valence-electron chi connectivity index (χ0n) is 11.6. The SMILES string of the molecule is CNCc1ccc(F)c(S(=O)(=O)NCC2(SC)CC2)c1. The van der Waals surface area contributed by atoms with Gasteiger partial charge in [-0.3, -0.25) is 0 Å². The van der Waals surface area contributed by atoms with Gasteiger partial charge in [0.15, 0.2) is 0 Å². The van der Waals surface area contributed by atoms with E-state index in [9.17, 15) is 12.8 Å². The van der Waals surface area contributed by atoms with Crippen molar-refractivity contribution in [2.75, 3.05) is 19.8 Å². The van der Waals surface area contributed by atoms with E-state index >= 15 is 0 Å². The molecule has 0 bridgehead atoms. The van der Waals surface area contributed by atoms with Gasteiger partial charge in [0.05, 0.1) is 0 Å². The first-order valence-electron chi connectivity index (χ1n) is 6.40. The smallest absolute Gasteiger partial charge is 0.243 e. The molecule has 1 fully saturated rings. The van der Waals surface area contributed by atoms with Gasteiger partial charge >= 0.3 is 0 Å². The molecule has 0 heterocycles. The Morgan fingerprint density at radius 3 is 2.65 bits per heavy atom. The van der Waals surface area contributed by atoms with Gasteiger partial charge in [-0.15, -0.1) is 0 Å². The third kappa shape index (κ3) is 3.52. The quantitative estimate of drug-likeness (QED) is 0.804. The minimum Gasteiger partial charge on any atom is -0.316 e. The molecule has 0 unspecified atom stereocenters. The molecular weight excluding hydrogens is 299 g/mol. The normalized spacial score (nSPS) is 17.1. The van der Waals surface area contributed by atoms with Crippen molar-refractivity contribution in [3.63, 3.8) is 0 Å². The van der Waals surface area contributed by atoms with Crippen molar-refractivity contribution in [1.82, 2.24) is 10.0 Å². The highest BCUT2D eigenvalue weighted by molar-refractivity contribution is 8.00. The van der Waals surface area contributed by atoms with E-state index in [0.29, 0.717) is 13.1 Å². The fourth-order valence-corrected chi connectivity index (χ4v) is 4.04. The fourth-order valence-electron chi connectivity index (χ4n) is 1.96. The van der Waals surface area contributed by atoms with Gasteiger partial charge < -0.3 is 5.32 Å². The number of benzene rings is 1. The molecule has 1 aliphatic rings. The molecule has 112 valence electrons. The second kappa shape index (κ2) is 6.01. The van der Waals surface area contributed by atoms with Gasteiger partial charge in [-0.1, -0.05) is 6.07 Å². The van der Waals surface area contributed by atoms with Crippen LogP contribution in [0.4, 0.5) is 4.39 Å². The Hall–Kier alpha value is -0.630. The number of sulfonamides is 1. The lowest BCUT2D eigenvalue weighted by molar-refractivity contribution is 0.555. The van der Waals surface area contributed by atoms with E-state index < -0.39 is 15.8 Å². The highest BCUT2D eigenvalue weighted by Crippen LogP contribution is 2.46. The molecule has 1 aliphatic carbocycles. The van der Waals surface area contributed by atoms with Crippen molar-refractivity contribution in [2.24, 2.45) is 0 Å². The summed E-state index contributed by atoms with van der Waals surface area (Å²) in [6, 6.07) is 4.16. The lowest BCUT2D eigenvalue weighted by Gasteiger charge is -2.14. The van der Waals surface area contributed by atoms with Gasteiger partial charge in [0, 0.05) is 17.8 Å². The molecule has 0 aromatic heterocycles. The first-order valence-corrected chi connectivity index (χ1v) is 9.11. The Morgan fingerprint density at radius 2 is 2.10 bits per heavy atom. The van der Waals surface area contributed by atoms with Crippen LogP contribution in [-0.4, -0.2) is 33.0 Å². The molecule has 0 saturated heterocycles. The van der Waals surface area contributed by atoms with Crippen LogP contribution in [-0.2, 0) is 16.6 Å². The van der Waals surface area contributed by atoms with Crippen LogP contribution in [0.1, 0.15) is 18.4 Å². The fraction of sp³-hybridized carbons (Fsp3) is 0.538. The van der Waals surface area contributed by atoms with Gasteiger partial charge in [-0.2, -0.15) is 11.8 Å². The van der Waals surface area contributed by atoms with Crippen LogP contribution in [0.25, 0.3) is 0 Å². The molecule has 1 aromatic carbocycles. The molecule has 0 radical (unpaired) electrons. The molecule has 4 nitrogen and oxygen atoms in total. The van der Waals surface area contributed by atoms with E-state index in [1.54, 1.807) is 24.9 Å². The van der Waals surface area contributed by atoms with Crippen LogP contribution >= 0.6 is 11.8 Å². The highest BCUT2D eigenvalue weighted by atomic mass is 32.2. The minimum atomic E-state index is -3.80. The Morgan fingerprint density at radius 1 is 1.40 bits per heavy atom. The van der Waals surface area contributed by atoms with Crippen LogP contribution < -0.4 is 10.0 Å². The Bertz CT molecular complexity index is 586. The number of hydrogen-bond acceptors (Lipinski definition) is 4. The van der Waals surface area contributed by atoms with Crippen LogP contribution in [0.15, 0.2) is 23.1 Å². The summed E-state index contributed by atoms with van der Waals surface area (Å²) in [7, 11) is -2.05. The van der Waals surface area contributed by atoms with Gasteiger partial charge in [-0.25, -0.2) is 17.5 Å². The highest BCUT2D eigenvalue weighted by Gasteiger charge is 2.42. The van der Waals surface area contributed by atoms with Crippen molar-refractivity contribution < 1.29 is 12.8 Å². The van der Waals surface area contributed by atoms with Crippen LogP contribution in [0.3, 0.4) is 0 Å². The molecule has 0 spiro atoms. The number of hydrogen-bond donors (Lipinski definition) is 2. The zero-order valence-corrected chi connectivity index (χ0v) is 13.2. The largest absolute Gasteiger partial charge is 0.316 e. The maximum atomic E-state index is 13.8. The molecule has 0 aliphatic heterocycles. The summed E-state index contributed by atoms with van der Waals surface area (Å²) in [4.78, 5) is -0.276. The van der Waals surface area contributed by atoms with Crippen LogP contribution in [0.2, 0.25) is 0 Å². The Labute approximate surface area is 123 Å². The summed E-state index contributed by atoms with van der Waals surface area (Å²) >= 11 is 1.66. The lowest BCUT2D eigenvalue weighted by Crippen LogP contribution is -2.32. The lowest BCUT2D eigenvalue weighted by atomic mass is 10.2. The van der Waals surface area contributed by atoms with E-state index in [4.69, 9.17) is 0 Å². The van der Waals surface area contributed by atoms with Gasteiger partial charge in [0.2, 0.25) is 10.0 Å². The van der Waals surface area contributed by atoms with Crippen LogP contribution in [0, 0.1) is 5.82 Å². The minimum absolute atomic E-state index is 0.00608. The van der Waals surface area contributed by atoms with E-state index in [0.717, 1.165) is 18.4 Å². The predicted molar refractivity (Wildman–Crippen MR) is 79.8 cm³/mol. The standard InChI is InChI=1S/C13H19FN2O2S2/c1-15-8-10-3-4-11(14)12(7-10)20(17,18)16-9-13(19-2)5-6-13/h3-4,7,15-16H,5-6,8-9H2,1-2H3. The first kappa shape index (κ1) is 15.8. The average Bonchev–Trinajstić information content (AvgIpc) is 3.20. The molecule has 1 aromatic rings. The van der Waals surface area contributed by atoms with Crippen molar-refractivity contribution in [1.29, 1.82) is 0 Å². The number of rotatable bonds is 7. The molecule has 0 amide bonds. The summed E-state index contributed by atoms with van der Waals surface area (Å²) in [5.41, 5.74) is 0.736. The summed E-state index contributed by atoms with van der Waals surface area (Å²) in [6.07, 6.45) is 3.97. The number of halogens is 1. The third-order valence-corrected chi connectivity index (χ3v) is 6.33. The summed E-state index contributed by atoms with van der Waals surface area (Å²) in [6.45, 7) is 0.851. The molecule has 0 atom stereocenters. The van der Waals surface area contributed by atoms with Crippen molar-refractivity contribution in [3.05, 3.63) is 29.6 Å². The average molecular weight is 318 g/mol. The Balaban J connectivity index is 2.17. The third-order valence-electron chi connectivity index (χ3n) is 3.49. The molecule has 20 heavy (non-hydrogen) atoms. The molecular formula is C13H19FN2O2S2. The molecule has 1 saturated carbocycles. The summed E-state index contributed by atoms with van der Waals surface area (Å²) in [5, 5.41) is 2.92. The Kier molecular flexibility index (Phi) is 4.73. The topological polar surface area (TPSA) is 58.2 Å². The first-order chi connectivity index (χ1) is 9.42. The molecule has 2 N–H and O–H groups in total. The van der Waals surface area contributed by atoms with Crippen molar-refractivity contribution in [2.45, 2.75) is 29.0 Å². The number of nitrogens with one attached hydrogen (secondary N) is 2. The van der Waals surface area contributed by atoms with Gasteiger partial charge in [0.1, 0.15) is 10.7 Å². The van der Waals surface area contributed by atoms with Gasteiger partial charge in [0.25, 0.3) is 0 Å². The summed E-state index contributed by atoms with van der Waals surface area (Å²) < 4.78 is 40.8. The van der Waals surface area contributed by atoms with E-state index in [1.165, 1.54) is 12.1 Å². The monoisotopic (exact) mass is 318 g/mol. The van der Waals surface area contributed by atoms with Crippen molar-refractivity contribution >= 4 is 21.8 Å². The maximum Gasteiger partial charge on any atom is 0.243 e. The zero-order chi connectivity index (χ0) is 14.8. The van der Waals surface area contributed by atoms with Gasteiger partial charge in [-0.05, 0) is 43.8 Å².